The molecule has 0 radical (unpaired) electrons. The molecule has 0 N–H and O–H groups in total. The maximum absolute atomic E-state index is 12.8. The van der Waals surface area contributed by atoms with Crippen molar-refractivity contribution in [2.75, 3.05) is 6.61 Å². The zero-order chi connectivity index (χ0) is 14.6. The third-order valence-corrected chi connectivity index (χ3v) is 2.73. The first-order valence-corrected chi connectivity index (χ1v) is 5.73. The first-order chi connectivity index (χ1) is 8.79. The molecule has 0 heterocycles. The number of hydrogen-bond donors (Lipinski definition) is 1. The highest BCUT2D eigenvalue weighted by atomic mass is 32.1. The maximum Gasteiger partial charge on any atom is 0.417 e. The molecule has 1 aromatic carbocycles. The van der Waals surface area contributed by atoms with Crippen LogP contribution in [0.25, 0.3) is 0 Å². The number of nitriles is 1. The lowest BCUT2D eigenvalue weighted by Crippen LogP contribution is -2.12. The van der Waals surface area contributed by atoms with E-state index in [1.807, 2.05) is 0 Å². The molecule has 0 saturated heterocycles. The third-order valence-electron chi connectivity index (χ3n) is 2.25. The molecule has 102 valence electrons. The maximum atomic E-state index is 12.8. The molecule has 1 aromatic rings. The Kier molecular flexibility index (Phi) is 4.84. The highest BCUT2D eigenvalue weighted by molar-refractivity contribution is 7.80. The van der Waals surface area contributed by atoms with Crippen molar-refractivity contribution in [2.24, 2.45) is 0 Å². The van der Waals surface area contributed by atoms with Gasteiger partial charge in [-0.05, 0) is 24.6 Å². The normalized spacial score (nSPS) is 10.9. The third kappa shape index (κ3) is 3.89. The van der Waals surface area contributed by atoms with Crippen LogP contribution in [0.1, 0.15) is 23.6 Å². The summed E-state index contributed by atoms with van der Waals surface area (Å²) in [4.78, 5) is 10.8. The van der Waals surface area contributed by atoms with Gasteiger partial charge in [0, 0.05) is 4.90 Å². The first-order valence-electron chi connectivity index (χ1n) is 5.28. The average molecular weight is 289 g/mol. The minimum absolute atomic E-state index is 0.0696. The van der Waals surface area contributed by atoms with Crippen LogP contribution in [0.3, 0.4) is 0 Å². The molecule has 0 aromatic heterocycles. The van der Waals surface area contributed by atoms with Crippen molar-refractivity contribution < 1.29 is 22.7 Å². The number of carbonyl (C=O) groups is 1. The minimum atomic E-state index is -4.63. The predicted molar refractivity (Wildman–Crippen MR) is 63.7 cm³/mol. The molecular weight excluding hydrogens is 279 g/mol. The number of hydrogen-bond acceptors (Lipinski definition) is 4. The molecule has 0 spiro atoms. The van der Waals surface area contributed by atoms with E-state index >= 15 is 0 Å². The van der Waals surface area contributed by atoms with Crippen molar-refractivity contribution >= 4 is 18.6 Å². The Labute approximate surface area is 113 Å². The van der Waals surface area contributed by atoms with E-state index in [0.29, 0.717) is 0 Å². The van der Waals surface area contributed by atoms with Crippen molar-refractivity contribution in [2.45, 2.75) is 24.4 Å². The molecule has 1 rings (SSSR count). The summed E-state index contributed by atoms with van der Waals surface area (Å²) >= 11 is 3.71. The average Bonchev–Trinajstić information content (AvgIpc) is 2.30. The van der Waals surface area contributed by atoms with Crippen LogP contribution >= 0.6 is 12.6 Å². The lowest BCUT2D eigenvalue weighted by Gasteiger charge is -2.12. The Balaban J connectivity index is 3.22. The van der Waals surface area contributed by atoms with Gasteiger partial charge in [-0.15, -0.1) is 12.6 Å². The van der Waals surface area contributed by atoms with Crippen LogP contribution in [-0.4, -0.2) is 12.6 Å². The van der Waals surface area contributed by atoms with Crippen LogP contribution in [-0.2, 0) is 22.1 Å². The molecule has 3 nitrogen and oxygen atoms in total. The molecule has 19 heavy (non-hydrogen) atoms. The summed E-state index contributed by atoms with van der Waals surface area (Å²) in [5.41, 5.74) is -1.19. The number of carbonyl (C=O) groups excluding carboxylic acids is 1. The van der Waals surface area contributed by atoms with Crippen molar-refractivity contribution in [3.8, 4) is 6.07 Å². The van der Waals surface area contributed by atoms with E-state index in [9.17, 15) is 18.0 Å². The van der Waals surface area contributed by atoms with E-state index in [4.69, 9.17) is 5.26 Å². The monoisotopic (exact) mass is 289 g/mol. The van der Waals surface area contributed by atoms with Gasteiger partial charge >= 0.3 is 12.1 Å². The summed E-state index contributed by atoms with van der Waals surface area (Å²) in [5, 5.41) is 8.79. The van der Waals surface area contributed by atoms with Crippen molar-refractivity contribution in [1.82, 2.24) is 0 Å². The smallest absolute Gasteiger partial charge is 0.417 e. The minimum Gasteiger partial charge on any atom is -0.466 e. The van der Waals surface area contributed by atoms with Gasteiger partial charge in [-0.3, -0.25) is 4.79 Å². The number of ether oxygens (including phenoxy) is 1. The number of alkyl halides is 3. The molecule has 7 heteroatoms. The van der Waals surface area contributed by atoms with Crippen LogP contribution < -0.4 is 0 Å². The number of rotatable bonds is 3. The lowest BCUT2D eigenvalue weighted by molar-refractivity contribution is -0.143. The Bertz CT molecular complexity index is 535. The van der Waals surface area contributed by atoms with Crippen LogP contribution in [0.4, 0.5) is 13.2 Å². The van der Waals surface area contributed by atoms with E-state index in [2.05, 4.69) is 17.4 Å². The second-order valence-electron chi connectivity index (χ2n) is 3.63. The van der Waals surface area contributed by atoms with E-state index in [0.717, 1.165) is 6.07 Å². The van der Waals surface area contributed by atoms with Gasteiger partial charge in [0.1, 0.15) is 6.07 Å². The van der Waals surface area contributed by atoms with Crippen molar-refractivity contribution in [3.05, 3.63) is 28.8 Å². The van der Waals surface area contributed by atoms with E-state index in [1.165, 1.54) is 6.07 Å². The summed E-state index contributed by atoms with van der Waals surface area (Å²) in [6, 6.07) is 3.63. The second-order valence-corrected chi connectivity index (χ2v) is 4.08. The van der Waals surface area contributed by atoms with Gasteiger partial charge in [-0.1, -0.05) is 0 Å². The van der Waals surface area contributed by atoms with Gasteiger partial charge in [-0.25, -0.2) is 0 Å². The van der Waals surface area contributed by atoms with Gasteiger partial charge < -0.3 is 4.74 Å². The molecule has 0 bridgehead atoms. The molecule has 0 aliphatic rings. The number of nitrogens with zero attached hydrogens (tertiary/aromatic N) is 1. The van der Waals surface area contributed by atoms with Crippen molar-refractivity contribution in [3.63, 3.8) is 0 Å². The summed E-state index contributed by atoms with van der Waals surface area (Å²) in [5.74, 6) is -0.647. The van der Waals surface area contributed by atoms with Gasteiger partial charge in [0.15, 0.2) is 0 Å². The van der Waals surface area contributed by atoms with E-state index in [1.54, 1.807) is 13.0 Å². The number of halogens is 3. The molecule has 0 fully saturated rings. The van der Waals surface area contributed by atoms with Gasteiger partial charge in [0.05, 0.1) is 24.2 Å². The zero-order valence-electron chi connectivity index (χ0n) is 9.91. The van der Waals surface area contributed by atoms with Crippen LogP contribution in [0.15, 0.2) is 17.0 Å². The Morgan fingerprint density at radius 3 is 2.58 bits per heavy atom. The van der Waals surface area contributed by atoms with Gasteiger partial charge in [-0.2, -0.15) is 18.4 Å². The standard InChI is InChI=1S/C12H10F3NO2S/c1-2-18-10(17)5-7-3-8(6-16)11(19)9(4-7)12(13,14)15/h3-4,19H,2,5H2,1H3. The van der Waals surface area contributed by atoms with E-state index < -0.39 is 22.6 Å². The number of benzene rings is 1. The molecule has 0 aliphatic heterocycles. The molecule has 0 aliphatic carbocycles. The fourth-order valence-electron chi connectivity index (χ4n) is 1.48. The summed E-state index contributed by atoms with van der Waals surface area (Å²) in [7, 11) is 0. The quantitative estimate of drug-likeness (QED) is 0.687. The van der Waals surface area contributed by atoms with Gasteiger partial charge in [0.25, 0.3) is 0 Å². The SMILES string of the molecule is CCOC(=O)Cc1cc(C#N)c(S)c(C(F)(F)F)c1. The molecular formula is C12H10F3NO2S. The fraction of sp³-hybridized carbons (Fsp3) is 0.333. The largest absolute Gasteiger partial charge is 0.466 e. The Hall–Kier alpha value is -1.68. The van der Waals surface area contributed by atoms with E-state index in [-0.39, 0.29) is 24.2 Å². The number of thiol groups is 1. The summed E-state index contributed by atoms with van der Waals surface area (Å²) < 4.78 is 42.9. The summed E-state index contributed by atoms with van der Waals surface area (Å²) in [6.07, 6.45) is -4.95. The fourth-order valence-corrected chi connectivity index (χ4v) is 1.78. The zero-order valence-corrected chi connectivity index (χ0v) is 10.8. The first kappa shape index (κ1) is 15.4. The Morgan fingerprint density at radius 2 is 2.11 bits per heavy atom. The second kappa shape index (κ2) is 5.97. The highest BCUT2D eigenvalue weighted by Gasteiger charge is 2.34. The van der Waals surface area contributed by atoms with Crippen LogP contribution in [0, 0.1) is 11.3 Å². The molecule has 0 unspecified atom stereocenters. The molecule has 0 amide bonds. The Morgan fingerprint density at radius 1 is 1.47 bits per heavy atom. The summed E-state index contributed by atoms with van der Waals surface area (Å²) in [6.45, 7) is 1.73. The topological polar surface area (TPSA) is 50.1 Å². The lowest BCUT2D eigenvalue weighted by atomic mass is 10.0. The predicted octanol–water partition coefficient (Wildman–Crippen LogP) is 2.97. The molecule has 0 atom stereocenters. The number of esters is 1. The van der Waals surface area contributed by atoms with Crippen LogP contribution in [0.5, 0.6) is 0 Å². The van der Waals surface area contributed by atoms with Gasteiger partial charge in [0.2, 0.25) is 0 Å². The highest BCUT2D eigenvalue weighted by Crippen LogP contribution is 2.36. The van der Waals surface area contributed by atoms with Crippen LogP contribution in [0.2, 0.25) is 0 Å². The van der Waals surface area contributed by atoms with Crippen molar-refractivity contribution in [1.29, 1.82) is 5.26 Å². The molecule has 0 saturated carbocycles.